The van der Waals surface area contributed by atoms with Crippen molar-refractivity contribution >= 4 is 17.7 Å². The second-order valence-corrected chi connectivity index (χ2v) is 7.48. The first-order valence-corrected chi connectivity index (χ1v) is 9.90. The number of carbonyl (C=O) groups is 2. The Morgan fingerprint density at radius 2 is 1.90 bits per heavy atom. The van der Waals surface area contributed by atoms with Crippen LogP contribution in [0, 0.1) is 5.92 Å². The quantitative estimate of drug-likeness (QED) is 0.811. The number of aromatic nitrogens is 1. The molecule has 1 N–H and O–H groups in total. The van der Waals surface area contributed by atoms with Crippen molar-refractivity contribution in [2.75, 3.05) is 39.0 Å². The Balaban J connectivity index is 1.41. The molecule has 7 nitrogen and oxygen atoms in total. The van der Waals surface area contributed by atoms with E-state index in [2.05, 4.69) is 10.3 Å². The zero-order valence-electron chi connectivity index (χ0n) is 17.0. The van der Waals surface area contributed by atoms with Crippen molar-refractivity contribution in [2.45, 2.75) is 19.4 Å². The van der Waals surface area contributed by atoms with E-state index in [0.29, 0.717) is 31.3 Å². The number of likely N-dealkylation sites (tertiary alicyclic amines) is 1. The number of hydrogen-bond donors (Lipinski definition) is 1. The fourth-order valence-corrected chi connectivity index (χ4v) is 3.28. The maximum absolute atomic E-state index is 12.3. The van der Waals surface area contributed by atoms with Crippen LogP contribution in [0.15, 0.2) is 48.7 Å². The van der Waals surface area contributed by atoms with Gasteiger partial charge in [0.1, 0.15) is 12.3 Å². The molecule has 1 aliphatic heterocycles. The molecular weight excluding hydrogens is 368 g/mol. The molecule has 0 radical (unpaired) electrons. The molecule has 0 unspecified atom stereocenters. The third-order valence-corrected chi connectivity index (χ3v) is 5.06. The summed E-state index contributed by atoms with van der Waals surface area (Å²) in [6, 6.07) is 13.3. The smallest absolute Gasteiger partial charge is 0.410 e. The van der Waals surface area contributed by atoms with Crippen LogP contribution >= 0.6 is 0 Å². The Morgan fingerprint density at radius 1 is 1.17 bits per heavy atom. The average molecular weight is 396 g/mol. The summed E-state index contributed by atoms with van der Waals surface area (Å²) in [5, 5.41) is 3.39. The molecule has 0 saturated carbocycles. The fourth-order valence-electron chi connectivity index (χ4n) is 3.28. The van der Waals surface area contributed by atoms with Gasteiger partial charge in [-0.05, 0) is 36.5 Å². The van der Waals surface area contributed by atoms with Gasteiger partial charge in [0, 0.05) is 45.6 Å². The molecule has 0 aliphatic carbocycles. The molecule has 2 heterocycles. The van der Waals surface area contributed by atoms with Gasteiger partial charge in [0.25, 0.3) is 5.91 Å². The van der Waals surface area contributed by atoms with Gasteiger partial charge < -0.3 is 19.9 Å². The van der Waals surface area contributed by atoms with E-state index in [0.717, 1.165) is 30.6 Å². The molecule has 0 spiro atoms. The Bertz CT molecular complexity index is 818. The van der Waals surface area contributed by atoms with Crippen LogP contribution in [0.1, 0.15) is 28.9 Å². The highest BCUT2D eigenvalue weighted by atomic mass is 16.6. The fraction of sp³-hybridized carbons (Fsp3) is 0.409. The summed E-state index contributed by atoms with van der Waals surface area (Å²) in [5.41, 5.74) is 2.30. The molecule has 2 aromatic rings. The predicted molar refractivity (Wildman–Crippen MR) is 112 cm³/mol. The second-order valence-electron chi connectivity index (χ2n) is 7.48. The first kappa shape index (κ1) is 20.6. The summed E-state index contributed by atoms with van der Waals surface area (Å²) in [4.78, 5) is 31.7. The number of ether oxygens (including phenoxy) is 1. The lowest BCUT2D eigenvalue weighted by atomic mass is 9.97. The molecule has 1 saturated heterocycles. The zero-order valence-corrected chi connectivity index (χ0v) is 17.0. The highest BCUT2D eigenvalue weighted by Crippen LogP contribution is 2.19. The van der Waals surface area contributed by atoms with Crippen molar-refractivity contribution in [3.8, 4) is 0 Å². The highest BCUT2D eigenvalue weighted by molar-refractivity contribution is 5.92. The largest absolute Gasteiger partial charge is 0.445 e. The van der Waals surface area contributed by atoms with E-state index in [4.69, 9.17) is 4.74 Å². The summed E-state index contributed by atoms with van der Waals surface area (Å²) in [5.74, 6) is 0.352. The van der Waals surface area contributed by atoms with E-state index < -0.39 is 0 Å². The summed E-state index contributed by atoms with van der Waals surface area (Å²) in [6.07, 6.45) is 3.23. The van der Waals surface area contributed by atoms with E-state index in [1.54, 1.807) is 31.3 Å². The van der Waals surface area contributed by atoms with Gasteiger partial charge in [-0.25, -0.2) is 4.79 Å². The summed E-state index contributed by atoms with van der Waals surface area (Å²) < 4.78 is 5.42. The standard InChI is InChI=1S/C22H28N4O3/c1-25(2)21(27)20-14-19(8-11-23-20)24-15-17-9-12-26(13-10-17)22(28)29-16-18-6-4-3-5-7-18/h3-8,11,14,17H,9-10,12-13,15-16H2,1-2H3,(H,23,24). The minimum absolute atomic E-state index is 0.115. The van der Waals surface area contributed by atoms with E-state index in [1.165, 1.54) is 4.90 Å². The van der Waals surface area contributed by atoms with Gasteiger partial charge >= 0.3 is 6.09 Å². The molecule has 0 bridgehead atoms. The van der Waals surface area contributed by atoms with Gasteiger partial charge in [-0.15, -0.1) is 0 Å². The van der Waals surface area contributed by atoms with Crippen molar-refractivity contribution in [1.29, 1.82) is 0 Å². The summed E-state index contributed by atoms with van der Waals surface area (Å²) >= 11 is 0. The number of nitrogens with one attached hydrogen (secondary N) is 1. The number of amides is 2. The van der Waals surface area contributed by atoms with Crippen LogP contribution in [-0.4, -0.2) is 60.5 Å². The van der Waals surface area contributed by atoms with Gasteiger partial charge in [0.2, 0.25) is 0 Å². The Labute approximate surface area is 171 Å². The minimum atomic E-state index is -0.249. The number of anilines is 1. The lowest BCUT2D eigenvalue weighted by molar-refractivity contribution is 0.0819. The minimum Gasteiger partial charge on any atom is -0.445 e. The SMILES string of the molecule is CN(C)C(=O)c1cc(NCC2CCN(C(=O)OCc3ccccc3)CC2)ccn1. The molecule has 0 atom stereocenters. The van der Waals surface area contributed by atoms with Crippen LogP contribution < -0.4 is 5.32 Å². The molecule has 2 amide bonds. The van der Waals surface area contributed by atoms with E-state index in [-0.39, 0.29) is 12.0 Å². The topological polar surface area (TPSA) is 74.8 Å². The normalized spacial score (nSPS) is 14.3. The van der Waals surface area contributed by atoms with E-state index in [1.807, 2.05) is 36.4 Å². The molecule has 1 aromatic carbocycles. The van der Waals surface area contributed by atoms with Crippen LogP contribution in [0.4, 0.5) is 10.5 Å². The number of pyridine rings is 1. The Morgan fingerprint density at radius 3 is 2.59 bits per heavy atom. The van der Waals surface area contributed by atoms with Crippen LogP contribution in [0.25, 0.3) is 0 Å². The number of benzene rings is 1. The molecule has 1 fully saturated rings. The summed E-state index contributed by atoms with van der Waals surface area (Å²) in [7, 11) is 3.42. The first-order chi connectivity index (χ1) is 14.0. The second kappa shape index (κ2) is 9.91. The molecule has 1 aromatic heterocycles. The number of hydrogen-bond acceptors (Lipinski definition) is 5. The number of rotatable bonds is 6. The number of carbonyl (C=O) groups excluding carboxylic acids is 2. The van der Waals surface area contributed by atoms with Gasteiger partial charge in [-0.1, -0.05) is 30.3 Å². The van der Waals surface area contributed by atoms with Crippen LogP contribution in [-0.2, 0) is 11.3 Å². The maximum atomic E-state index is 12.3. The van der Waals surface area contributed by atoms with Crippen molar-refractivity contribution in [3.05, 3.63) is 59.9 Å². The number of nitrogens with zero attached hydrogens (tertiary/aromatic N) is 3. The van der Waals surface area contributed by atoms with Crippen LogP contribution in [0.2, 0.25) is 0 Å². The molecule has 154 valence electrons. The van der Waals surface area contributed by atoms with Crippen molar-refractivity contribution < 1.29 is 14.3 Å². The predicted octanol–water partition coefficient (Wildman–Crippen LogP) is 3.24. The average Bonchev–Trinajstić information content (AvgIpc) is 2.76. The highest BCUT2D eigenvalue weighted by Gasteiger charge is 2.23. The maximum Gasteiger partial charge on any atom is 0.410 e. The van der Waals surface area contributed by atoms with Crippen molar-refractivity contribution in [3.63, 3.8) is 0 Å². The van der Waals surface area contributed by atoms with Crippen molar-refractivity contribution in [2.24, 2.45) is 5.92 Å². The lowest BCUT2D eigenvalue weighted by Crippen LogP contribution is -2.40. The summed E-state index contributed by atoms with van der Waals surface area (Å²) in [6.45, 7) is 2.49. The molecule has 7 heteroatoms. The monoisotopic (exact) mass is 396 g/mol. The molecular formula is C22H28N4O3. The Kier molecular flexibility index (Phi) is 7.05. The van der Waals surface area contributed by atoms with Gasteiger partial charge in [0.15, 0.2) is 0 Å². The first-order valence-electron chi connectivity index (χ1n) is 9.90. The lowest BCUT2D eigenvalue weighted by Gasteiger charge is -2.31. The van der Waals surface area contributed by atoms with Crippen LogP contribution in [0.5, 0.6) is 0 Å². The third-order valence-electron chi connectivity index (χ3n) is 5.06. The molecule has 3 rings (SSSR count). The number of piperidine rings is 1. The molecule has 1 aliphatic rings. The van der Waals surface area contributed by atoms with Gasteiger partial charge in [-0.2, -0.15) is 0 Å². The van der Waals surface area contributed by atoms with E-state index >= 15 is 0 Å². The zero-order chi connectivity index (χ0) is 20.6. The van der Waals surface area contributed by atoms with Gasteiger partial charge in [-0.3, -0.25) is 9.78 Å². The van der Waals surface area contributed by atoms with Crippen LogP contribution in [0.3, 0.4) is 0 Å². The Hall–Kier alpha value is -3.09. The third kappa shape index (κ3) is 5.94. The van der Waals surface area contributed by atoms with E-state index in [9.17, 15) is 9.59 Å². The van der Waals surface area contributed by atoms with Crippen molar-refractivity contribution in [1.82, 2.24) is 14.8 Å². The molecule has 29 heavy (non-hydrogen) atoms. The van der Waals surface area contributed by atoms with Gasteiger partial charge in [0.05, 0.1) is 0 Å².